The topological polar surface area (TPSA) is 106 Å². The zero-order valence-corrected chi connectivity index (χ0v) is 15.5. The van der Waals surface area contributed by atoms with Crippen molar-refractivity contribution in [1.82, 2.24) is 5.16 Å². The van der Waals surface area contributed by atoms with Crippen LogP contribution in [0.15, 0.2) is 34.9 Å². The van der Waals surface area contributed by atoms with Gasteiger partial charge in [-0.15, -0.1) is 0 Å². The first-order chi connectivity index (χ1) is 12.7. The number of carboxylic acids is 1. The second-order valence-corrected chi connectivity index (χ2v) is 6.61. The van der Waals surface area contributed by atoms with Crippen molar-refractivity contribution < 1.29 is 19.3 Å². The van der Waals surface area contributed by atoms with Crippen LogP contribution in [0.5, 0.6) is 0 Å². The molecule has 0 saturated carbocycles. The molecule has 2 aromatic carbocycles. The Hall–Kier alpha value is -3.19. The molecule has 0 atom stereocenters. The van der Waals surface area contributed by atoms with Gasteiger partial charge in [0.2, 0.25) is 0 Å². The fourth-order valence-electron chi connectivity index (χ4n) is 3.27. The molecule has 0 amide bonds. The molecule has 0 fully saturated rings. The van der Waals surface area contributed by atoms with E-state index in [9.17, 15) is 20.0 Å². The molecule has 1 aromatic heterocycles. The minimum atomic E-state index is -1.31. The predicted molar refractivity (Wildman–Crippen MR) is 100 cm³/mol. The van der Waals surface area contributed by atoms with E-state index in [4.69, 9.17) is 16.1 Å². The molecule has 0 unspecified atom stereocenters. The highest BCUT2D eigenvalue weighted by Crippen LogP contribution is 2.42. The lowest BCUT2D eigenvalue weighted by Gasteiger charge is -2.09. The predicted octanol–water partition coefficient (Wildman–Crippen LogP) is 5.19. The van der Waals surface area contributed by atoms with Gasteiger partial charge in [-0.25, -0.2) is 4.79 Å². The Morgan fingerprint density at radius 3 is 2.37 bits per heavy atom. The smallest absolute Gasteiger partial charge is 0.342 e. The second-order valence-electron chi connectivity index (χ2n) is 6.21. The molecule has 0 spiro atoms. The van der Waals surface area contributed by atoms with Crippen LogP contribution in [-0.2, 0) is 0 Å². The molecule has 1 N–H and O–H groups in total. The van der Waals surface area contributed by atoms with Crippen molar-refractivity contribution in [3.63, 3.8) is 0 Å². The molecule has 0 bridgehead atoms. The van der Waals surface area contributed by atoms with Crippen LogP contribution in [0.2, 0.25) is 5.02 Å². The molecule has 1 heterocycles. The Morgan fingerprint density at radius 2 is 1.81 bits per heavy atom. The summed E-state index contributed by atoms with van der Waals surface area (Å²) in [5.74, 6) is -1.55. The highest BCUT2D eigenvalue weighted by atomic mass is 35.5. The highest BCUT2D eigenvalue weighted by molar-refractivity contribution is 6.34. The molecule has 8 heteroatoms. The maximum atomic E-state index is 12.0. The van der Waals surface area contributed by atoms with Crippen molar-refractivity contribution in [3.8, 4) is 22.6 Å². The number of carboxylic acid groups (broad SMARTS) is 1. The first-order valence-electron chi connectivity index (χ1n) is 7.96. The Balaban J connectivity index is 2.36. The van der Waals surface area contributed by atoms with Gasteiger partial charge in [-0.1, -0.05) is 40.5 Å². The van der Waals surface area contributed by atoms with Gasteiger partial charge >= 0.3 is 5.97 Å². The summed E-state index contributed by atoms with van der Waals surface area (Å²) in [6.45, 7) is 5.61. The van der Waals surface area contributed by atoms with Crippen molar-refractivity contribution in [2.75, 3.05) is 0 Å². The number of aromatic nitrogens is 1. The lowest BCUT2D eigenvalue weighted by Crippen LogP contribution is -2.03. The number of hydrogen-bond acceptors (Lipinski definition) is 5. The number of nitrogens with zero attached hydrogens (tertiary/aromatic N) is 2. The van der Waals surface area contributed by atoms with E-state index >= 15 is 0 Å². The van der Waals surface area contributed by atoms with E-state index in [1.165, 1.54) is 18.2 Å². The molecule has 3 rings (SSSR count). The Morgan fingerprint density at radius 1 is 1.19 bits per heavy atom. The average molecular weight is 387 g/mol. The number of halogens is 1. The number of rotatable bonds is 4. The van der Waals surface area contributed by atoms with Gasteiger partial charge < -0.3 is 9.63 Å². The van der Waals surface area contributed by atoms with Gasteiger partial charge in [0, 0.05) is 11.6 Å². The summed E-state index contributed by atoms with van der Waals surface area (Å²) in [5.41, 5.74) is 2.67. The Bertz CT molecular complexity index is 1060. The summed E-state index contributed by atoms with van der Waals surface area (Å²) < 4.78 is 5.29. The molecule has 0 aliphatic heterocycles. The zero-order chi connectivity index (χ0) is 19.9. The van der Waals surface area contributed by atoms with Crippen LogP contribution in [0.3, 0.4) is 0 Å². The van der Waals surface area contributed by atoms with E-state index in [1.54, 1.807) is 0 Å². The SMILES string of the molecule is Cc1cc(C)c(-c2noc(-c3c(Cl)cccc3[N+](=O)[O-])c2C(=O)O)c(C)c1. The minimum absolute atomic E-state index is 0.00625. The van der Waals surface area contributed by atoms with Gasteiger partial charge in [-0.2, -0.15) is 0 Å². The lowest BCUT2D eigenvalue weighted by atomic mass is 9.93. The van der Waals surface area contributed by atoms with Gasteiger partial charge in [0.1, 0.15) is 16.8 Å². The molecule has 0 radical (unpaired) electrons. The number of hydrogen-bond donors (Lipinski definition) is 1. The van der Waals surface area contributed by atoms with Crippen molar-refractivity contribution in [3.05, 3.63) is 67.7 Å². The molecule has 0 aliphatic carbocycles. The van der Waals surface area contributed by atoms with Crippen LogP contribution >= 0.6 is 11.6 Å². The number of nitro groups is 1. The third kappa shape index (κ3) is 3.17. The van der Waals surface area contributed by atoms with E-state index in [0.29, 0.717) is 5.56 Å². The third-order valence-corrected chi connectivity index (χ3v) is 4.55. The minimum Gasteiger partial charge on any atom is -0.477 e. The van der Waals surface area contributed by atoms with Gasteiger partial charge in [0.05, 0.1) is 9.95 Å². The van der Waals surface area contributed by atoms with Gasteiger partial charge in [0.25, 0.3) is 5.69 Å². The van der Waals surface area contributed by atoms with Crippen LogP contribution in [0.25, 0.3) is 22.6 Å². The van der Waals surface area contributed by atoms with Crippen molar-refractivity contribution >= 4 is 23.3 Å². The van der Waals surface area contributed by atoms with Gasteiger partial charge in [-0.05, 0) is 38.0 Å². The van der Waals surface area contributed by atoms with Crippen LogP contribution < -0.4 is 0 Å². The van der Waals surface area contributed by atoms with E-state index in [0.717, 1.165) is 16.7 Å². The van der Waals surface area contributed by atoms with Crippen molar-refractivity contribution in [2.45, 2.75) is 20.8 Å². The number of aromatic carboxylic acids is 1. The van der Waals surface area contributed by atoms with Crippen molar-refractivity contribution in [2.24, 2.45) is 0 Å². The molecule has 138 valence electrons. The fraction of sp³-hybridized carbons (Fsp3) is 0.158. The summed E-state index contributed by atoms with van der Waals surface area (Å²) in [5, 5.41) is 25.1. The molecule has 0 aliphatic rings. The first-order valence-corrected chi connectivity index (χ1v) is 8.34. The maximum Gasteiger partial charge on any atom is 0.342 e. The van der Waals surface area contributed by atoms with E-state index < -0.39 is 10.9 Å². The zero-order valence-electron chi connectivity index (χ0n) is 14.7. The number of aryl methyl sites for hydroxylation is 3. The number of nitro benzene ring substituents is 1. The summed E-state index contributed by atoms with van der Waals surface area (Å²) >= 11 is 6.14. The standard InChI is InChI=1S/C19H15ClN2O5/c1-9-7-10(2)14(11(3)8-9)17-16(19(23)24)18(27-21-17)15-12(20)5-4-6-13(15)22(25)26/h4-8H,1-3H3,(H,23,24). The average Bonchev–Trinajstić information content (AvgIpc) is 2.97. The second kappa shape index (κ2) is 6.85. The Labute approximate surface area is 159 Å². The van der Waals surface area contributed by atoms with Crippen LogP contribution in [0.4, 0.5) is 5.69 Å². The van der Waals surface area contributed by atoms with Crippen molar-refractivity contribution in [1.29, 1.82) is 0 Å². The van der Waals surface area contributed by atoms with Crippen LogP contribution in [0.1, 0.15) is 27.0 Å². The summed E-state index contributed by atoms with van der Waals surface area (Å²) in [6, 6.07) is 7.88. The largest absolute Gasteiger partial charge is 0.477 e. The quantitative estimate of drug-likeness (QED) is 0.488. The molecule has 27 heavy (non-hydrogen) atoms. The van der Waals surface area contributed by atoms with Gasteiger partial charge in [-0.3, -0.25) is 10.1 Å². The third-order valence-electron chi connectivity index (χ3n) is 4.24. The summed E-state index contributed by atoms with van der Waals surface area (Å²) in [7, 11) is 0. The Kier molecular flexibility index (Phi) is 4.72. The number of benzene rings is 2. The molecular weight excluding hydrogens is 372 g/mol. The van der Waals surface area contributed by atoms with Gasteiger partial charge in [0.15, 0.2) is 5.76 Å². The van der Waals surface area contributed by atoms with E-state index in [-0.39, 0.29) is 33.3 Å². The fourth-order valence-corrected chi connectivity index (χ4v) is 3.53. The summed E-state index contributed by atoms with van der Waals surface area (Å²) in [6.07, 6.45) is 0. The van der Waals surface area contributed by atoms with Crippen LogP contribution in [-0.4, -0.2) is 21.2 Å². The molecule has 7 nitrogen and oxygen atoms in total. The molecule has 3 aromatic rings. The monoisotopic (exact) mass is 386 g/mol. The van der Waals surface area contributed by atoms with Crippen LogP contribution in [0, 0.1) is 30.9 Å². The highest BCUT2D eigenvalue weighted by Gasteiger charge is 2.32. The normalized spacial score (nSPS) is 10.8. The van der Waals surface area contributed by atoms with E-state index in [2.05, 4.69) is 5.16 Å². The van der Waals surface area contributed by atoms with E-state index in [1.807, 2.05) is 32.9 Å². The first kappa shape index (κ1) is 18.6. The summed E-state index contributed by atoms with van der Waals surface area (Å²) in [4.78, 5) is 22.8. The molecular formula is C19H15ClN2O5. The maximum absolute atomic E-state index is 12.0. The lowest BCUT2D eigenvalue weighted by molar-refractivity contribution is -0.384. The number of carbonyl (C=O) groups is 1. The molecule has 0 saturated heterocycles.